The number of rotatable bonds is 6. The molecule has 12 rings (SSSR count). The lowest BCUT2D eigenvalue weighted by molar-refractivity contribution is 0.0244. The molecule has 0 saturated heterocycles. The Bertz CT molecular complexity index is 2850. The second-order valence-electron chi connectivity index (χ2n) is 19.7. The molecule has 6 heterocycles. The molecule has 0 spiro atoms. The molecule has 4 bridgehead atoms. The Morgan fingerprint density at radius 2 is 1.01 bits per heavy atom. The van der Waals surface area contributed by atoms with Gasteiger partial charge in [-0.2, -0.15) is 10.2 Å². The summed E-state index contributed by atoms with van der Waals surface area (Å²) >= 11 is 12.6. The zero-order valence-electron chi connectivity index (χ0n) is 38.0. The topological polar surface area (TPSA) is 119 Å². The van der Waals surface area contributed by atoms with E-state index < -0.39 is 36.2 Å². The SMILES string of the molecule is Cc1nc2c3c(nn2c(C)c1Cl)CN(C(=O)c1ccc(F)cc1O[C@H]1CC2CCC(C2)[C@@H]1F)C3.Cc1nc2c3c(nn2c(C)c1Cl)CN(C(=O)c1ccc(F)cc1O[C@H]1CC2CCC(C2)[C@H]1F)C3. The second-order valence-corrected chi connectivity index (χ2v) is 20.4. The van der Waals surface area contributed by atoms with E-state index >= 15 is 0 Å². The molecular weight excluding hydrogens is 923 g/mol. The third-order valence-corrected chi connectivity index (χ3v) is 16.4. The number of alkyl halides is 2. The molecule has 68 heavy (non-hydrogen) atoms. The van der Waals surface area contributed by atoms with Gasteiger partial charge >= 0.3 is 0 Å². The van der Waals surface area contributed by atoms with Gasteiger partial charge in [-0.25, -0.2) is 36.6 Å². The molecule has 4 aliphatic carbocycles. The van der Waals surface area contributed by atoms with Crippen molar-refractivity contribution in [2.24, 2.45) is 23.7 Å². The van der Waals surface area contributed by atoms with Crippen molar-refractivity contribution in [1.29, 1.82) is 0 Å². The summed E-state index contributed by atoms with van der Waals surface area (Å²) in [5, 5.41) is 10.4. The van der Waals surface area contributed by atoms with Crippen molar-refractivity contribution in [2.45, 2.75) is 130 Å². The zero-order chi connectivity index (χ0) is 47.4. The summed E-state index contributed by atoms with van der Waals surface area (Å²) in [5.74, 6) is -0.567. The van der Waals surface area contributed by atoms with E-state index in [0.29, 0.717) is 83.6 Å². The van der Waals surface area contributed by atoms with E-state index in [-0.39, 0.29) is 46.3 Å². The number of aromatic nitrogens is 6. The summed E-state index contributed by atoms with van der Waals surface area (Å²) in [7, 11) is 0. The Morgan fingerprint density at radius 1 is 0.603 bits per heavy atom. The summed E-state index contributed by atoms with van der Waals surface area (Å²) in [5.41, 5.74) is 8.07. The Morgan fingerprint density at radius 3 is 1.43 bits per heavy atom. The molecule has 2 aliphatic heterocycles. The zero-order valence-corrected chi connectivity index (χ0v) is 39.6. The van der Waals surface area contributed by atoms with Crippen molar-refractivity contribution in [1.82, 2.24) is 39.0 Å². The molecule has 4 unspecified atom stereocenters. The molecule has 6 aliphatic rings. The van der Waals surface area contributed by atoms with Gasteiger partial charge < -0.3 is 19.3 Å². The normalized spacial score (nSPS) is 25.7. The summed E-state index contributed by atoms with van der Waals surface area (Å²) < 4.78 is 73.7. The van der Waals surface area contributed by atoms with Gasteiger partial charge in [-0.3, -0.25) is 9.59 Å². The number of hydrogen-bond donors (Lipinski definition) is 0. The summed E-state index contributed by atoms with van der Waals surface area (Å²) in [6.07, 6.45) is 3.22. The Hall–Kier alpha value is -5.48. The van der Waals surface area contributed by atoms with Crippen LogP contribution >= 0.6 is 23.2 Å². The van der Waals surface area contributed by atoms with Gasteiger partial charge in [0.1, 0.15) is 47.7 Å². The predicted octanol–water partition coefficient (Wildman–Crippen LogP) is 10.4. The van der Waals surface area contributed by atoms with Gasteiger partial charge in [0, 0.05) is 23.3 Å². The van der Waals surface area contributed by atoms with E-state index in [1.807, 2.05) is 27.7 Å². The van der Waals surface area contributed by atoms with Crippen LogP contribution in [0.4, 0.5) is 17.6 Å². The highest BCUT2D eigenvalue weighted by Crippen LogP contribution is 2.47. The quantitative estimate of drug-likeness (QED) is 0.151. The van der Waals surface area contributed by atoms with Crippen LogP contribution in [-0.2, 0) is 26.2 Å². The van der Waals surface area contributed by atoms with Crippen LogP contribution < -0.4 is 9.47 Å². The molecule has 2 amide bonds. The van der Waals surface area contributed by atoms with Crippen LogP contribution in [0.15, 0.2) is 36.4 Å². The van der Waals surface area contributed by atoms with Crippen molar-refractivity contribution >= 4 is 46.3 Å². The third kappa shape index (κ3) is 7.73. The lowest BCUT2D eigenvalue weighted by Gasteiger charge is -2.32. The first kappa shape index (κ1) is 45.0. The van der Waals surface area contributed by atoms with Crippen LogP contribution in [-0.4, -0.2) is 75.4 Å². The highest BCUT2D eigenvalue weighted by atomic mass is 35.5. The molecule has 4 saturated carbocycles. The first-order chi connectivity index (χ1) is 32.6. The minimum Gasteiger partial charge on any atom is -0.486 e. The summed E-state index contributed by atoms with van der Waals surface area (Å²) in [6.45, 7) is 8.67. The highest BCUT2D eigenvalue weighted by molar-refractivity contribution is 6.32. The summed E-state index contributed by atoms with van der Waals surface area (Å²) in [4.78, 5) is 39.4. The van der Waals surface area contributed by atoms with Gasteiger partial charge in [-0.05, 0) is 127 Å². The average Bonchev–Trinajstić information content (AvgIpc) is 4.18. The number of amides is 2. The lowest BCUT2D eigenvalue weighted by Crippen LogP contribution is -2.38. The highest BCUT2D eigenvalue weighted by Gasteiger charge is 2.45. The molecule has 356 valence electrons. The van der Waals surface area contributed by atoms with Crippen LogP contribution in [0.1, 0.15) is 117 Å². The van der Waals surface area contributed by atoms with Crippen LogP contribution in [0.25, 0.3) is 11.3 Å². The van der Waals surface area contributed by atoms with E-state index in [4.69, 9.17) is 32.7 Å². The van der Waals surface area contributed by atoms with Crippen LogP contribution in [0.3, 0.4) is 0 Å². The van der Waals surface area contributed by atoms with Gasteiger partial charge in [-0.1, -0.05) is 23.2 Å². The molecule has 6 aromatic rings. The maximum absolute atomic E-state index is 15.0. The van der Waals surface area contributed by atoms with E-state index in [1.54, 1.807) is 18.8 Å². The largest absolute Gasteiger partial charge is 0.486 e. The maximum Gasteiger partial charge on any atom is 0.258 e. The first-order valence-electron chi connectivity index (χ1n) is 23.5. The second kappa shape index (κ2) is 17.2. The lowest BCUT2D eigenvalue weighted by atomic mass is 9.85. The van der Waals surface area contributed by atoms with Crippen molar-refractivity contribution in [3.8, 4) is 11.5 Å². The molecule has 0 N–H and O–H groups in total. The minimum absolute atomic E-state index is 0.00526. The van der Waals surface area contributed by atoms with E-state index in [0.717, 1.165) is 72.4 Å². The van der Waals surface area contributed by atoms with Crippen molar-refractivity contribution in [2.75, 3.05) is 0 Å². The van der Waals surface area contributed by atoms with Gasteiger partial charge in [0.25, 0.3) is 11.8 Å². The Balaban J connectivity index is 0.000000149. The molecule has 4 aromatic heterocycles. The number of fused-ring (bicyclic) bond motifs is 10. The molecule has 8 atom stereocenters. The van der Waals surface area contributed by atoms with Gasteiger partial charge in [-0.15, -0.1) is 0 Å². The molecule has 18 heteroatoms. The molecular formula is C50H50Cl2F4N8O4. The number of halogens is 6. The van der Waals surface area contributed by atoms with E-state index in [2.05, 4.69) is 20.2 Å². The average molecular weight is 974 g/mol. The Kier molecular flexibility index (Phi) is 11.4. The Labute approximate surface area is 399 Å². The summed E-state index contributed by atoms with van der Waals surface area (Å²) in [6, 6.07) is 7.71. The fourth-order valence-corrected chi connectivity index (χ4v) is 12.0. The fourth-order valence-electron chi connectivity index (χ4n) is 11.7. The maximum atomic E-state index is 15.0. The number of benzene rings is 2. The van der Waals surface area contributed by atoms with Gasteiger partial charge in [0.05, 0.1) is 81.5 Å². The van der Waals surface area contributed by atoms with Crippen LogP contribution in [0, 0.1) is 63.0 Å². The number of carbonyl (C=O) groups is 2. The number of nitrogens with zero attached hydrogens (tertiary/aromatic N) is 8. The van der Waals surface area contributed by atoms with E-state index in [9.17, 15) is 27.2 Å². The molecule has 2 aromatic carbocycles. The van der Waals surface area contributed by atoms with Gasteiger partial charge in [0.15, 0.2) is 11.3 Å². The van der Waals surface area contributed by atoms with Crippen LogP contribution in [0.5, 0.6) is 11.5 Å². The predicted molar refractivity (Wildman–Crippen MR) is 244 cm³/mol. The van der Waals surface area contributed by atoms with E-state index in [1.165, 1.54) is 36.4 Å². The van der Waals surface area contributed by atoms with Gasteiger partial charge in [0.2, 0.25) is 0 Å². The molecule has 12 nitrogen and oxygen atoms in total. The van der Waals surface area contributed by atoms with Crippen molar-refractivity contribution < 1.29 is 36.6 Å². The monoisotopic (exact) mass is 972 g/mol. The number of carbonyl (C=O) groups excluding carboxylic acids is 2. The smallest absolute Gasteiger partial charge is 0.258 e. The molecule has 0 radical (unpaired) electrons. The first-order valence-corrected chi connectivity index (χ1v) is 24.2. The third-order valence-electron chi connectivity index (χ3n) is 15.3. The standard InChI is InChI=1S/2C25H25ClF2N4O2/c2*1-12-22(26)13(2)32-24(29-12)18-10-31(11-19(18)30-32)25(33)17-6-5-16(27)9-20(17)34-21-8-14-3-4-15(7-14)23(21)28/h2*5-6,9,14-15,21,23H,3-4,7-8,10-11H2,1-2H3/t14?,15?,21-,23+;14?,15?,21-,23-/m00/s1. The van der Waals surface area contributed by atoms with Crippen LogP contribution in [0.2, 0.25) is 10.0 Å². The number of hydrogen-bond acceptors (Lipinski definition) is 8. The fraction of sp³-hybridized carbons (Fsp3) is 0.480. The van der Waals surface area contributed by atoms with Crippen molar-refractivity contribution in [3.63, 3.8) is 0 Å². The number of ether oxygens (including phenoxy) is 2. The number of aryl methyl sites for hydroxylation is 4. The molecule has 4 fully saturated rings. The minimum atomic E-state index is -1.10. The van der Waals surface area contributed by atoms with Crippen molar-refractivity contribution in [3.05, 3.63) is 114 Å².